The molecule has 0 N–H and O–H groups in total. The van der Waals surface area contributed by atoms with Gasteiger partial charge in [-0.05, 0) is 40.3 Å². The fourth-order valence-electron chi connectivity index (χ4n) is 0.914. The number of hydrogen-bond donors (Lipinski definition) is 0. The van der Waals surface area contributed by atoms with Crippen molar-refractivity contribution in [3.8, 4) is 0 Å². The molecule has 0 aromatic heterocycles. The van der Waals surface area contributed by atoms with E-state index in [4.69, 9.17) is 0 Å². The molecule has 0 saturated heterocycles. The van der Waals surface area contributed by atoms with E-state index < -0.39 is 0 Å². The zero-order valence-corrected chi connectivity index (χ0v) is 10.1. The first-order chi connectivity index (χ1) is 5.77. The van der Waals surface area contributed by atoms with Gasteiger partial charge in [0.05, 0.1) is 0 Å². The number of rotatable bonds is 3. The molecule has 0 heterocycles. The molecule has 0 amide bonds. The molecular weight excluding hydrogens is 331 g/mol. The van der Waals surface area contributed by atoms with E-state index in [-0.39, 0.29) is 5.92 Å². The highest BCUT2D eigenvalue weighted by Gasteiger charge is 2.07. The Morgan fingerprint density at radius 2 is 2.00 bits per heavy atom. The first-order valence-corrected chi connectivity index (χ1v) is 5.74. The van der Waals surface area contributed by atoms with Crippen molar-refractivity contribution in [3.63, 3.8) is 0 Å². The summed E-state index contributed by atoms with van der Waals surface area (Å²) in [5.41, 5.74) is 1.07. The summed E-state index contributed by atoms with van der Waals surface area (Å²) in [6.07, 6.45) is 0.969. The van der Waals surface area contributed by atoms with Gasteiger partial charge in [0.1, 0.15) is 6.29 Å². The maximum atomic E-state index is 10.6. The molecule has 1 unspecified atom stereocenters. The third-order valence-corrected chi connectivity index (χ3v) is 3.05. The topological polar surface area (TPSA) is 17.1 Å². The third-order valence-electron chi connectivity index (χ3n) is 1.63. The van der Waals surface area contributed by atoms with Crippen LogP contribution in [0.15, 0.2) is 24.3 Å². The van der Waals surface area contributed by atoms with Crippen LogP contribution in [0.5, 0.6) is 0 Å². The van der Waals surface area contributed by atoms with Crippen LogP contribution in [0.1, 0.15) is 11.5 Å². The summed E-state index contributed by atoms with van der Waals surface area (Å²) in [5, 5.41) is 0.692. The summed E-state index contributed by atoms with van der Waals surface area (Å²) in [5.74, 6) is -0.0120. The van der Waals surface area contributed by atoms with Gasteiger partial charge in [-0.25, -0.2) is 0 Å². The minimum Gasteiger partial charge on any atom is -0.303 e. The molecule has 1 atom stereocenters. The zero-order chi connectivity index (χ0) is 8.97. The Labute approximate surface area is 93.8 Å². The lowest BCUT2D eigenvalue weighted by Crippen LogP contribution is -2.00. The summed E-state index contributed by atoms with van der Waals surface area (Å²) in [7, 11) is 0. The SMILES string of the molecule is O=CC(CBr)c1ccc(I)cc1. The van der Waals surface area contributed by atoms with E-state index in [1.807, 2.05) is 24.3 Å². The van der Waals surface area contributed by atoms with Gasteiger partial charge in [0.25, 0.3) is 0 Å². The van der Waals surface area contributed by atoms with Gasteiger partial charge in [0, 0.05) is 14.8 Å². The molecule has 12 heavy (non-hydrogen) atoms. The molecule has 0 radical (unpaired) electrons. The lowest BCUT2D eigenvalue weighted by atomic mass is 10.0. The van der Waals surface area contributed by atoms with Gasteiger partial charge in [-0.15, -0.1) is 0 Å². The Kier molecular flexibility index (Phi) is 4.21. The zero-order valence-electron chi connectivity index (χ0n) is 6.34. The Bertz CT molecular complexity index is 258. The van der Waals surface area contributed by atoms with Gasteiger partial charge in [-0.2, -0.15) is 0 Å². The average molecular weight is 339 g/mol. The van der Waals surface area contributed by atoms with Crippen LogP contribution in [-0.2, 0) is 4.79 Å². The monoisotopic (exact) mass is 338 g/mol. The van der Waals surface area contributed by atoms with Gasteiger partial charge in [0.15, 0.2) is 0 Å². The Morgan fingerprint density at radius 1 is 1.42 bits per heavy atom. The van der Waals surface area contributed by atoms with Gasteiger partial charge in [-0.3, -0.25) is 0 Å². The second-order valence-corrected chi connectivity index (χ2v) is 4.34. The predicted octanol–water partition coefficient (Wildman–Crippen LogP) is 2.97. The van der Waals surface area contributed by atoms with Crippen molar-refractivity contribution in [1.29, 1.82) is 0 Å². The maximum absolute atomic E-state index is 10.6. The summed E-state index contributed by atoms with van der Waals surface area (Å²) in [6.45, 7) is 0. The quantitative estimate of drug-likeness (QED) is 0.470. The van der Waals surface area contributed by atoms with Crippen molar-refractivity contribution >= 4 is 44.8 Å². The van der Waals surface area contributed by atoms with Crippen LogP contribution < -0.4 is 0 Å². The van der Waals surface area contributed by atoms with Gasteiger partial charge in [0.2, 0.25) is 0 Å². The number of carbonyl (C=O) groups excluding carboxylic acids is 1. The van der Waals surface area contributed by atoms with Crippen LogP contribution in [0.3, 0.4) is 0 Å². The van der Waals surface area contributed by atoms with Crippen LogP contribution >= 0.6 is 38.5 Å². The standard InChI is InChI=1S/C9H8BrIO/c10-5-8(6-12)7-1-3-9(11)4-2-7/h1-4,6,8H,5H2. The molecule has 0 saturated carbocycles. The number of halogens is 2. The van der Waals surface area contributed by atoms with E-state index in [2.05, 4.69) is 38.5 Å². The predicted molar refractivity (Wildman–Crippen MR) is 61.8 cm³/mol. The highest BCUT2D eigenvalue weighted by molar-refractivity contribution is 14.1. The second-order valence-electron chi connectivity index (χ2n) is 2.45. The second kappa shape index (κ2) is 4.97. The fourth-order valence-corrected chi connectivity index (χ4v) is 1.80. The van der Waals surface area contributed by atoms with Crippen LogP contribution in [0.25, 0.3) is 0 Å². The van der Waals surface area contributed by atoms with Gasteiger partial charge >= 0.3 is 0 Å². The van der Waals surface area contributed by atoms with Crippen LogP contribution in [0.4, 0.5) is 0 Å². The summed E-state index contributed by atoms with van der Waals surface area (Å²) >= 11 is 5.54. The Balaban J connectivity index is 2.87. The first kappa shape index (κ1) is 10.2. The molecule has 64 valence electrons. The molecule has 0 aliphatic carbocycles. The molecule has 1 aromatic carbocycles. The van der Waals surface area contributed by atoms with Crippen molar-refractivity contribution in [3.05, 3.63) is 33.4 Å². The molecule has 0 aliphatic heterocycles. The number of hydrogen-bond acceptors (Lipinski definition) is 1. The fraction of sp³-hybridized carbons (Fsp3) is 0.222. The van der Waals surface area contributed by atoms with E-state index in [9.17, 15) is 4.79 Å². The van der Waals surface area contributed by atoms with Crippen LogP contribution in [0.2, 0.25) is 0 Å². The molecule has 1 rings (SSSR count). The van der Waals surface area contributed by atoms with Crippen molar-refractivity contribution < 1.29 is 4.79 Å². The number of benzene rings is 1. The van der Waals surface area contributed by atoms with Crippen molar-refractivity contribution in [1.82, 2.24) is 0 Å². The molecule has 1 aromatic rings. The number of alkyl halides is 1. The van der Waals surface area contributed by atoms with Gasteiger partial charge < -0.3 is 4.79 Å². The lowest BCUT2D eigenvalue weighted by molar-refractivity contribution is -0.108. The van der Waals surface area contributed by atoms with E-state index in [1.165, 1.54) is 3.57 Å². The number of carbonyl (C=O) groups is 1. The van der Waals surface area contributed by atoms with Crippen molar-refractivity contribution in [2.24, 2.45) is 0 Å². The highest BCUT2D eigenvalue weighted by atomic mass is 127. The van der Waals surface area contributed by atoms with Crippen molar-refractivity contribution in [2.75, 3.05) is 5.33 Å². The van der Waals surface area contributed by atoms with Gasteiger partial charge in [-0.1, -0.05) is 28.1 Å². The molecule has 1 nitrogen and oxygen atoms in total. The van der Waals surface area contributed by atoms with E-state index in [0.29, 0.717) is 5.33 Å². The van der Waals surface area contributed by atoms with Crippen LogP contribution in [0, 0.1) is 3.57 Å². The van der Waals surface area contributed by atoms with E-state index in [0.717, 1.165) is 11.8 Å². The molecular formula is C9H8BrIO. The molecule has 0 spiro atoms. The van der Waals surface area contributed by atoms with Crippen molar-refractivity contribution in [2.45, 2.75) is 5.92 Å². The van der Waals surface area contributed by atoms with E-state index in [1.54, 1.807) is 0 Å². The number of aldehydes is 1. The minimum absolute atomic E-state index is 0.0120. The molecule has 3 heteroatoms. The first-order valence-electron chi connectivity index (χ1n) is 3.54. The third kappa shape index (κ3) is 2.55. The Hall–Kier alpha value is 0.1000. The maximum Gasteiger partial charge on any atom is 0.128 e. The normalized spacial score (nSPS) is 12.5. The van der Waals surface area contributed by atoms with Crippen LogP contribution in [-0.4, -0.2) is 11.6 Å². The lowest BCUT2D eigenvalue weighted by Gasteiger charge is -2.05. The summed E-state index contributed by atoms with van der Waals surface area (Å²) < 4.78 is 1.19. The highest BCUT2D eigenvalue weighted by Crippen LogP contribution is 2.17. The minimum atomic E-state index is -0.0120. The molecule has 0 aliphatic rings. The Morgan fingerprint density at radius 3 is 2.42 bits per heavy atom. The summed E-state index contributed by atoms with van der Waals surface area (Å²) in [4.78, 5) is 10.6. The average Bonchev–Trinajstić information content (AvgIpc) is 2.10. The molecule has 0 bridgehead atoms. The molecule has 0 fully saturated rings. The largest absolute Gasteiger partial charge is 0.303 e. The summed E-state index contributed by atoms with van der Waals surface area (Å²) in [6, 6.07) is 7.99. The smallest absolute Gasteiger partial charge is 0.128 e. The van der Waals surface area contributed by atoms with E-state index >= 15 is 0 Å².